The average Bonchev–Trinajstić information content (AvgIpc) is 3.50. The van der Waals surface area contributed by atoms with E-state index in [2.05, 4.69) is 10.1 Å². The Morgan fingerprint density at radius 1 is 1.06 bits per heavy atom. The number of benzene rings is 1. The number of rotatable bonds is 5. The van der Waals surface area contributed by atoms with Crippen LogP contribution in [0.15, 0.2) is 47.1 Å². The van der Waals surface area contributed by atoms with Crippen LogP contribution in [0.5, 0.6) is 11.5 Å². The molecule has 32 heavy (non-hydrogen) atoms. The number of hydrogen-bond donors (Lipinski definition) is 0. The molecule has 7 nitrogen and oxygen atoms in total. The van der Waals surface area contributed by atoms with Crippen molar-refractivity contribution in [3.8, 4) is 23.1 Å². The summed E-state index contributed by atoms with van der Waals surface area (Å²) in [5.41, 5.74) is 2.26. The van der Waals surface area contributed by atoms with Gasteiger partial charge in [-0.05, 0) is 55.5 Å². The summed E-state index contributed by atoms with van der Waals surface area (Å²) >= 11 is 1.80. The minimum absolute atomic E-state index is 0.289. The first kappa shape index (κ1) is 19.3. The maximum Gasteiger partial charge on any atom is 0.217 e. The molecule has 0 saturated carbocycles. The van der Waals surface area contributed by atoms with Crippen LogP contribution in [-0.4, -0.2) is 26.7 Å². The molecule has 1 aliphatic carbocycles. The second kappa shape index (κ2) is 7.94. The van der Waals surface area contributed by atoms with Crippen molar-refractivity contribution in [1.29, 1.82) is 0 Å². The van der Waals surface area contributed by atoms with Crippen molar-refractivity contribution in [3.05, 3.63) is 58.9 Å². The summed E-state index contributed by atoms with van der Waals surface area (Å²) in [6.45, 7) is 0.289. The van der Waals surface area contributed by atoms with E-state index in [1.165, 1.54) is 29.7 Å². The van der Waals surface area contributed by atoms with Crippen LogP contribution < -0.4 is 9.47 Å². The third kappa shape index (κ3) is 3.31. The van der Waals surface area contributed by atoms with Gasteiger partial charge in [0.15, 0.2) is 22.9 Å². The molecule has 0 atom stereocenters. The first-order valence-corrected chi connectivity index (χ1v) is 11.6. The van der Waals surface area contributed by atoms with Gasteiger partial charge < -0.3 is 13.9 Å². The van der Waals surface area contributed by atoms with Gasteiger partial charge in [0, 0.05) is 4.88 Å². The van der Waals surface area contributed by atoms with E-state index in [9.17, 15) is 0 Å². The molecule has 0 radical (unpaired) electrons. The Kier molecular flexibility index (Phi) is 4.79. The number of para-hydroxylation sites is 2. The average molecular weight is 447 g/mol. The van der Waals surface area contributed by atoms with E-state index in [4.69, 9.17) is 18.9 Å². The Balaban J connectivity index is 1.31. The summed E-state index contributed by atoms with van der Waals surface area (Å²) < 4.78 is 19.0. The van der Waals surface area contributed by atoms with Crippen molar-refractivity contribution in [2.75, 3.05) is 7.11 Å². The van der Waals surface area contributed by atoms with Gasteiger partial charge in [0.2, 0.25) is 5.82 Å². The van der Waals surface area contributed by atoms with Crippen LogP contribution in [0.25, 0.3) is 27.4 Å². The molecule has 0 fully saturated rings. The standard InChI is InChI=1S/C24H22N4O3S/c1-29-17-8-5-6-9-18(17)30-13-15-11-12-19(31-15)22-26-23-21-16-7-3-2-4-10-20(16)32-24(21)25-14-28(23)27-22/h5-6,8-9,11-12,14H,2-4,7,10,13H2,1H3. The van der Waals surface area contributed by atoms with Gasteiger partial charge in [0.25, 0.3) is 0 Å². The van der Waals surface area contributed by atoms with Crippen LogP contribution >= 0.6 is 11.3 Å². The molecule has 5 aromatic rings. The molecule has 0 spiro atoms. The van der Waals surface area contributed by atoms with Gasteiger partial charge in [0.1, 0.15) is 23.5 Å². The Labute approximate surface area is 188 Å². The summed E-state index contributed by atoms with van der Waals surface area (Å²) in [5, 5.41) is 5.79. The predicted octanol–water partition coefficient (Wildman–Crippen LogP) is 5.46. The SMILES string of the molecule is COc1ccccc1OCc1ccc(-c2nc3c4c5c(sc4ncn3n2)CCCCC5)o1. The number of ether oxygens (including phenoxy) is 2. The zero-order valence-corrected chi connectivity index (χ0v) is 18.5. The van der Waals surface area contributed by atoms with E-state index in [0.717, 1.165) is 28.7 Å². The quantitative estimate of drug-likeness (QED) is 0.334. The van der Waals surface area contributed by atoms with E-state index in [0.29, 0.717) is 28.8 Å². The van der Waals surface area contributed by atoms with Crippen molar-refractivity contribution < 1.29 is 13.9 Å². The van der Waals surface area contributed by atoms with Crippen LogP contribution in [0.2, 0.25) is 0 Å². The number of thiophene rings is 1. The molecule has 0 aliphatic heterocycles. The van der Waals surface area contributed by atoms with E-state index >= 15 is 0 Å². The molecule has 0 amide bonds. The topological polar surface area (TPSA) is 74.7 Å². The van der Waals surface area contributed by atoms with Gasteiger partial charge in [0.05, 0.1) is 12.5 Å². The van der Waals surface area contributed by atoms with Crippen molar-refractivity contribution in [3.63, 3.8) is 0 Å². The zero-order valence-electron chi connectivity index (χ0n) is 17.7. The molecule has 162 valence electrons. The van der Waals surface area contributed by atoms with Crippen LogP contribution in [0.1, 0.15) is 35.5 Å². The van der Waals surface area contributed by atoms with Gasteiger partial charge >= 0.3 is 0 Å². The Bertz CT molecular complexity index is 1420. The molecular weight excluding hydrogens is 424 g/mol. The highest BCUT2D eigenvalue weighted by molar-refractivity contribution is 7.19. The van der Waals surface area contributed by atoms with Crippen molar-refractivity contribution in [2.45, 2.75) is 38.7 Å². The fourth-order valence-corrected chi connectivity index (χ4v) is 5.52. The van der Waals surface area contributed by atoms with Crippen molar-refractivity contribution in [1.82, 2.24) is 19.6 Å². The minimum Gasteiger partial charge on any atom is -0.493 e. The van der Waals surface area contributed by atoms with Crippen molar-refractivity contribution >= 4 is 27.2 Å². The molecule has 4 heterocycles. The zero-order chi connectivity index (χ0) is 21.5. The van der Waals surface area contributed by atoms with Gasteiger partial charge in [-0.1, -0.05) is 18.6 Å². The minimum atomic E-state index is 0.289. The monoisotopic (exact) mass is 446 g/mol. The Morgan fingerprint density at radius 2 is 1.94 bits per heavy atom. The summed E-state index contributed by atoms with van der Waals surface area (Å²) in [4.78, 5) is 12.0. The third-order valence-electron chi connectivity index (χ3n) is 5.86. The van der Waals surface area contributed by atoms with Gasteiger partial charge in [-0.2, -0.15) is 0 Å². The number of aryl methyl sites for hydroxylation is 2. The Morgan fingerprint density at radius 3 is 2.84 bits per heavy atom. The lowest BCUT2D eigenvalue weighted by Gasteiger charge is -2.08. The summed E-state index contributed by atoms with van der Waals surface area (Å²) in [6.07, 6.45) is 7.72. The van der Waals surface area contributed by atoms with E-state index in [1.54, 1.807) is 29.3 Å². The number of hydrogen-bond acceptors (Lipinski definition) is 7. The molecule has 6 rings (SSSR count). The van der Waals surface area contributed by atoms with Crippen LogP contribution in [0.4, 0.5) is 0 Å². The van der Waals surface area contributed by atoms with Crippen LogP contribution in [0, 0.1) is 0 Å². The smallest absolute Gasteiger partial charge is 0.217 e. The number of fused-ring (bicyclic) bond motifs is 5. The first-order valence-electron chi connectivity index (χ1n) is 10.8. The van der Waals surface area contributed by atoms with Crippen LogP contribution in [-0.2, 0) is 19.4 Å². The summed E-state index contributed by atoms with van der Waals surface area (Å²) in [7, 11) is 1.63. The Hall–Kier alpha value is -3.39. The maximum absolute atomic E-state index is 6.00. The highest BCUT2D eigenvalue weighted by Gasteiger charge is 2.21. The second-order valence-electron chi connectivity index (χ2n) is 7.90. The molecule has 0 unspecified atom stereocenters. The fourth-order valence-electron chi connectivity index (χ4n) is 4.30. The number of aromatic nitrogens is 4. The molecule has 8 heteroatoms. The number of methoxy groups -OCH3 is 1. The largest absolute Gasteiger partial charge is 0.493 e. The molecular formula is C24H22N4O3S. The fraction of sp³-hybridized carbons (Fsp3) is 0.292. The van der Waals surface area contributed by atoms with Gasteiger partial charge in [-0.15, -0.1) is 16.4 Å². The third-order valence-corrected chi connectivity index (χ3v) is 7.06. The van der Waals surface area contributed by atoms with E-state index in [-0.39, 0.29) is 6.61 Å². The first-order chi connectivity index (χ1) is 15.8. The molecule has 0 bridgehead atoms. The number of nitrogens with zero attached hydrogens (tertiary/aromatic N) is 4. The van der Waals surface area contributed by atoms with Crippen LogP contribution in [0.3, 0.4) is 0 Å². The molecule has 4 aromatic heterocycles. The van der Waals surface area contributed by atoms with Crippen molar-refractivity contribution in [2.24, 2.45) is 0 Å². The summed E-state index contributed by atoms with van der Waals surface area (Å²) in [6, 6.07) is 11.3. The normalized spacial score (nSPS) is 13.9. The molecule has 0 N–H and O–H groups in total. The highest BCUT2D eigenvalue weighted by atomic mass is 32.1. The molecule has 1 aromatic carbocycles. The molecule has 1 aliphatic rings. The summed E-state index contributed by atoms with van der Waals surface area (Å²) in [5.74, 6) is 3.22. The highest BCUT2D eigenvalue weighted by Crippen LogP contribution is 2.37. The van der Waals surface area contributed by atoms with Gasteiger partial charge in [-0.3, -0.25) is 0 Å². The lowest BCUT2D eigenvalue weighted by Crippen LogP contribution is -1.96. The maximum atomic E-state index is 6.00. The van der Waals surface area contributed by atoms with E-state index < -0.39 is 0 Å². The molecule has 0 saturated heterocycles. The predicted molar refractivity (Wildman–Crippen MR) is 122 cm³/mol. The lowest BCUT2D eigenvalue weighted by atomic mass is 10.1. The second-order valence-corrected chi connectivity index (χ2v) is 8.98. The lowest BCUT2D eigenvalue weighted by molar-refractivity contribution is 0.257. The van der Waals surface area contributed by atoms with Gasteiger partial charge in [-0.25, -0.2) is 14.5 Å². The van der Waals surface area contributed by atoms with E-state index in [1.807, 2.05) is 36.4 Å². The number of furan rings is 1.